The zero-order valence-electron chi connectivity index (χ0n) is 9.10. The van der Waals surface area contributed by atoms with Crippen molar-refractivity contribution in [2.45, 2.75) is 17.1 Å². The first-order chi connectivity index (χ1) is 7.38. The van der Waals surface area contributed by atoms with Crippen LogP contribution in [0.3, 0.4) is 0 Å². The summed E-state index contributed by atoms with van der Waals surface area (Å²) in [5, 5.41) is 0. The lowest BCUT2D eigenvalue weighted by Crippen LogP contribution is -2.25. The fraction of sp³-hybridized carbons (Fsp3) is 0.364. The molecule has 0 fully saturated rings. The zero-order chi connectivity index (χ0) is 12.3. The molecule has 0 saturated carbocycles. The van der Waals surface area contributed by atoms with Gasteiger partial charge in [-0.15, -0.1) is 0 Å². The smallest absolute Gasteiger partial charge is 0.190 e. The van der Waals surface area contributed by atoms with E-state index in [1.54, 1.807) is 47.7 Å². The molecule has 0 aromatic heterocycles. The molecule has 1 rings (SSSR count). The summed E-state index contributed by atoms with van der Waals surface area (Å²) in [6.45, 7) is 3.41. The van der Waals surface area contributed by atoms with Gasteiger partial charge in [-0.2, -0.15) is 0 Å². The van der Waals surface area contributed by atoms with Crippen LogP contribution in [0.15, 0.2) is 24.3 Å². The second kappa shape index (κ2) is 5.27. The first-order valence-electron chi connectivity index (χ1n) is 4.85. The van der Waals surface area contributed by atoms with Crippen molar-refractivity contribution < 1.29 is 13.2 Å². The van der Waals surface area contributed by atoms with Gasteiger partial charge in [0.25, 0.3) is 0 Å². The third-order valence-electron chi connectivity index (χ3n) is 2.23. The Morgan fingerprint density at radius 3 is 2.56 bits per heavy atom. The maximum Gasteiger partial charge on any atom is 0.190 e. The lowest BCUT2D eigenvalue weighted by molar-refractivity contribution is 0.101. The van der Waals surface area contributed by atoms with Gasteiger partial charge in [0.2, 0.25) is 0 Å². The lowest BCUT2D eigenvalue weighted by atomic mass is 10.1. The van der Waals surface area contributed by atoms with E-state index in [-0.39, 0.29) is 11.5 Å². The van der Waals surface area contributed by atoms with Crippen LogP contribution in [0, 0.1) is 6.92 Å². The van der Waals surface area contributed by atoms with Crippen molar-refractivity contribution >= 4 is 38.2 Å². The number of halogens is 1. The highest BCUT2D eigenvalue weighted by Crippen LogP contribution is 2.18. The highest BCUT2D eigenvalue weighted by atomic mass is 127. The minimum absolute atomic E-state index is 0.0157. The predicted octanol–water partition coefficient (Wildman–Crippen LogP) is 2.37. The first kappa shape index (κ1) is 13.6. The number of carbonyl (C=O) groups is 1. The van der Waals surface area contributed by atoms with E-state index in [4.69, 9.17) is 0 Å². The maximum absolute atomic E-state index is 11.9. The number of carbonyl (C=O) groups excluding carboxylic acids is 1. The van der Waals surface area contributed by atoms with Gasteiger partial charge in [0, 0.05) is 11.3 Å². The van der Waals surface area contributed by atoms with E-state index < -0.39 is 13.1 Å². The summed E-state index contributed by atoms with van der Waals surface area (Å²) < 4.78 is 22.2. The molecule has 1 aromatic rings. The Hall–Kier alpha value is -0.430. The third-order valence-corrected chi connectivity index (χ3v) is 6.77. The van der Waals surface area contributed by atoms with Crippen molar-refractivity contribution in [3.05, 3.63) is 35.4 Å². The van der Waals surface area contributed by atoms with Crippen molar-refractivity contribution in [1.29, 1.82) is 0 Å². The van der Waals surface area contributed by atoms with E-state index in [1.165, 1.54) is 0 Å². The van der Waals surface area contributed by atoms with Crippen molar-refractivity contribution in [3.63, 3.8) is 0 Å². The van der Waals surface area contributed by atoms with Crippen molar-refractivity contribution in [2.24, 2.45) is 0 Å². The van der Waals surface area contributed by atoms with E-state index in [0.717, 1.165) is 5.56 Å². The molecule has 1 atom stereocenters. The van der Waals surface area contributed by atoms with Gasteiger partial charge >= 0.3 is 0 Å². The minimum Gasteiger partial charge on any atom is -0.292 e. The number of alkyl halides is 1. The van der Waals surface area contributed by atoms with Gasteiger partial charge < -0.3 is 0 Å². The number of Topliss-reactive ketones (excluding diaryl/α,β-unsaturated/α-hetero) is 1. The second-order valence-electron chi connectivity index (χ2n) is 3.50. The Balaban J connectivity index is 3.04. The standard InChI is InChI=1S/C11H13IO3S/c1-3-16(14,15)11(12)10(13)9-6-4-5-8(2)7-9/h4-7,11H,3H2,1-2H3/t11-/m0/s1. The normalized spacial score (nSPS) is 13.4. The molecule has 5 heteroatoms. The predicted molar refractivity (Wildman–Crippen MR) is 72.8 cm³/mol. The van der Waals surface area contributed by atoms with Gasteiger partial charge in [0.1, 0.15) is 0 Å². The van der Waals surface area contributed by atoms with Crippen LogP contribution in [0.5, 0.6) is 0 Å². The first-order valence-corrected chi connectivity index (χ1v) is 7.81. The number of sulfone groups is 1. The quantitative estimate of drug-likeness (QED) is 0.475. The van der Waals surface area contributed by atoms with Crippen molar-refractivity contribution in [2.75, 3.05) is 5.75 Å². The fourth-order valence-electron chi connectivity index (χ4n) is 1.24. The van der Waals surface area contributed by atoms with E-state index in [2.05, 4.69) is 0 Å². The average molecular weight is 352 g/mol. The molecule has 0 unspecified atom stereocenters. The molecule has 0 amide bonds. The molecule has 0 bridgehead atoms. The fourth-order valence-corrected chi connectivity index (χ4v) is 3.43. The molecular formula is C11H13IO3S. The molecule has 0 N–H and O–H groups in total. The number of aryl methyl sites for hydroxylation is 1. The molecule has 0 spiro atoms. The summed E-state index contributed by atoms with van der Waals surface area (Å²) in [5.74, 6) is -0.357. The molecular weight excluding hydrogens is 339 g/mol. The highest BCUT2D eigenvalue weighted by molar-refractivity contribution is 14.1. The highest BCUT2D eigenvalue weighted by Gasteiger charge is 2.28. The summed E-state index contributed by atoms with van der Waals surface area (Å²) in [5.41, 5.74) is 1.40. The van der Waals surface area contributed by atoms with E-state index in [1.807, 2.05) is 13.0 Å². The average Bonchev–Trinajstić information content (AvgIpc) is 2.27. The molecule has 0 heterocycles. The lowest BCUT2D eigenvalue weighted by Gasteiger charge is -2.09. The molecule has 0 radical (unpaired) electrons. The largest absolute Gasteiger partial charge is 0.292 e. The van der Waals surface area contributed by atoms with Crippen LogP contribution < -0.4 is 0 Å². The van der Waals surface area contributed by atoms with Crippen molar-refractivity contribution in [1.82, 2.24) is 0 Å². The van der Waals surface area contributed by atoms with E-state index >= 15 is 0 Å². The molecule has 16 heavy (non-hydrogen) atoms. The van der Waals surface area contributed by atoms with Crippen molar-refractivity contribution in [3.8, 4) is 0 Å². The number of ketones is 1. The second-order valence-corrected chi connectivity index (χ2v) is 7.97. The van der Waals surface area contributed by atoms with E-state index in [9.17, 15) is 13.2 Å². The Bertz CT molecular complexity index is 494. The van der Waals surface area contributed by atoms with Crippen LogP contribution in [-0.2, 0) is 9.84 Å². The molecule has 0 aliphatic heterocycles. The number of hydrogen-bond acceptors (Lipinski definition) is 3. The summed E-state index contributed by atoms with van der Waals surface area (Å²) in [4.78, 5) is 11.9. The Morgan fingerprint density at radius 1 is 1.44 bits per heavy atom. The zero-order valence-corrected chi connectivity index (χ0v) is 12.1. The maximum atomic E-state index is 11.9. The summed E-state index contributed by atoms with van der Waals surface area (Å²) in [7, 11) is -3.32. The van der Waals surface area contributed by atoms with Gasteiger partial charge in [-0.25, -0.2) is 8.42 Å². The Labute approximate surface area is 109 Å². The topological polar surface area (TPSA) is 51.2 Å². The van der Waals surface area contributed by atoms with Gasteiger partial charge in [0.15, 0.2) is 18.9 Å². The molecule has 3 nitrogen and oxygen atoms in total. The third kappa shape index (κ3) is 3.04. The van der Waals surface area contributed by atoms with Crippen LogP contribution in [0.25, 0.3) is 0 Å². The molecule has 0 aliphatic carbocycles. The minimum atomic E-state index is -3.32. The van der Waals surface area contributed by atoms with E-state index in [0.29, 0.717) is 5.56 Å². The Kier molecular flexibility index (Phi) is 4.49. The van der Waals surface area contributed by atoms with Crippen LogP contribution >= 0.6 is 22.6 Å². The molecule has 88 valence electrons. The molecule has 0 saturated heterocycles. The summed E-state index contributed by atoms with van der Waals surface area (Å²) >= 11 is 1.69. The van der Waals surface area contributed by atoms with Crippen LogP contribution in [0.2, 0.25) is 0 Å². The Morgan fingerprint density at radius 2 is 2.06 bits per heavy atom. The van der Waals surface area contributed by atoms with Crippen LogP contribution in [-0.4, -0.2) is 23.2 Å². The number of hydrogen-bond donors (Lipinski definition) is 0. The van der Waals surface area contributed by atoms with Gasteiger partial charge in [-0.1, -0.05) is 53.3 Å². The molecule has 1 aromatic carbocycles. The van der Waals surface area contributed by atoms with Crippen LogP contribution in [0.4, 0.5) is 0 Å². The number of benzene rings is 1. The monoisotopic (exact) mass is 352 g/mol. The summed E-state index contributed by atoms with van der Waals surface area (Å²) in [6.07, 6.45) is 0. The number of rotatable bonds is 4. The SMILES string of the molecule is CCS(=O)(=O)[C@H](I)C(=O)c1cccc(C)c1. The summed E-state index contributed by atoms with van der Waals surface area (Å²) in [6, 6.07) is 6.98. The van der Waals surface area contributed by atoms with Gasteiger partial charge in [0.05, 0.1) is 0 Å². The van der Waals surface area contributed by atoms with Gasteiger partial charge in [-0.05, 0) is 13.0 Å². The molecule has 0 aliphatic rings. The van der Waals surface area contributed by atoms with Crippen LogP contribution in [0.1, 0.15) is 22.8 Å². The van der Waals surface area contributed by atoms with Gasteiger partial charge in [-0.3, -0.25) is 4.79 Å².